The Labute approximate surface area is 142 Å². The molecular weight excluding hydrogens is 300 g/mol. The van der Waals surface area contributed by atoms with Crippen LogP contribution in [0.4, 0.5) is 0 Å². The summed E-state index contributed by atoms with van der Waals surface area (Å²) in [6.45, 7) is 4.73. The third kappa shape index (κ3) is 4.22. The Morgan fingerprint density at radius 2 is 1.79 bits per heavy atom. The van der Waals surface area contributed by atoms with Crippen molar-refractivity contribution in [3.05, 3.63) is 65.9 Å². The van der Waals surface area contributed by atoms with E-state index in [1.807, 2.05) is 12.1 Å². The van der Waals surface area contributed by atoms with Gasteiger partial charge in [0.2, 0.25) is 11.8 Å². The highest BCUT2D eigenvalue weighted by molar-refractivity contribution is 5.65. The van der Waals surface area contributed by atoms with Gasteiger partial charge in [-0.2, -0.15) is 0 Å². The molecule has 2 aromatic carbocycles. The molecule has 0 radical (unpaired) electrons. The summed E-state index contributed by atoms with van der Waals surface area (Å²) in [6, 6.07) is 16.6. The van der Waals surface area contributed by atoms with Crippen LogP contribution in [0.5, 0.6) is 5.75 Å². The molecule has 0 atom stereocenters. The van der Waals surface area contributed by atoms with Gasteiger partial charge < -0.3 is 9.15 Å². The monoisotopic (exact) mass is 322 g/mol. The molecule has 0 amide bonds. The molecule has 4 nitrogen and oxygen atoms in total. The van der Waals surface area contributed by atoms with Gasteiger partial charge in [0.1, 0.15) is 5.75 Å². The summed E-state index contributed by atoms with van der Waals surface area (Å²) in [5, 5.41) is 7.94. The van der Waals surface area contributed by atoms with Crippen molar-refractivity contribution in [2.24, 2.45) is 0 Å². The zero-order chi connectivity index (χ0) is 16.8. The van der Waals surface area contributed by atoms with Gasteiger partial charge >= 0.3 is 0 Å². The maximum atomic E-state index is 5.80. The quantitative estimate of drug-likeness (QED) is 0.585. The molecule has 24 heavy (non-hydrogen) atoms. The molecule has 0 saturated carbocycles. The minimum absolute atomic E-state index is 0.595. The highest BCUT2D eigenvalue weighted by atomic mass is 16.5. The van der Waals surface area contributed by atoms with Gasteiger partial charge in [-0.25, -0.2) is 0 Å². The van der Waals surface area contributed by atoms with Crippen molar-refractivity contribution in [3.8, 4) is 16.9 Å². The number of rotatable bonds is 7. The number of aryl methyl sites for hydroxylation is 1. The molecule has 124 valence electrons. The van der Waals surface area contributed by atoms with E-state index < -0.39 is 0 Å². The fourth-order valence-electron chi connectivity index (χ4n) is 2.54. The third-order valence-corrected chi connectivity index (χ3v) is 3.78. The number of hydrogen-bond donors (Lipinski definition) is 0. The van der Waals surface area contributed by atoms with Gasteiger partial charge in [0, 0.05) is 6.92 Å². The lowest BCUT2D eigenvalue weighted by Gasteiger charge is -2.08. The number of unbranched alkanes of at least 4 members (excludes halogenated alkanes) is 1. The summed E-state index contributed by atoms with van der Waals surface area (Å²) in [5.41, 5.74) is 3.45. The molecular formula is C20H22N2O2. The molecule has 3 aromatic rings. The van der Waals surface area contributed by atoms with Crippen molar-refractivity contribution in [2.75, 3.05) is 6.61 Å². The van der Waals surface area contributed by atoms with Crippen LogP contribution in [-0.2, 0) is 6.42 Å². The average molecular weight is 322 g/mol. The zero-order valence-corrected chi connectivity index (χ0v) is 14.2. The first-order valence-corrected chi connectivity index (χ1v) is 8.36. The Bertz CT molecular complexity index is 796. The molecule has 0 aliphatic rings. The average Bonchev–Trinajstić information content (AvgIpc) is 3.00. The van der Waals surface area contributed by atoms with Gasteiger partial charge in [-0.3, -0.25) is 0 Å². The fraction of sp³-hybridized carbons (Fsp3) is 0.300. The SMILES string of the molecule is CCCCOc1cccc(-c2cccc(Cc3nnc(C)o3)c2)c1. The summed E-state index contributed by atoms with van der Waals surface area (Å²) < 4.78 is 11.3. The molecule has 0 saturated heterocycles. The summed E-state index contributed by atoms with van der Waals surface area (Å²) in [7, 11) is 0. The van der Waals surface area contributed by atoms with Crippen LogP contribution in [0.15, 0.2) is 52.9 Å². The van der Waals surface area contributed by atoms with Gasteiger partial charge in [-0.1, -0.05) is 49.7 Å². The molecule has 1 heterocycles. The van der Waals surface area contributed by atoms with Crippen molar-refractivity contribution in [1.82, 2.24) is 10.2 Å². The van der Waals surface area contributed by atoms with E-state index in [4.69, 9.17) is 9.15 Å². The molecule has 4 heteroatoms. The molecule has 0 fully saturated rings. The minimum atomic E-state index is 0.595. The largest absolute Gasteiger partial charge is 0.494 e. The van der Waals surface area contributed by atoms with E-state index in [1.54, 1.807) is 6.92 Å². The highest BCUT2D eigenvalue weighted by Gasteiger charge is 2.06. The molecule has 0 bridgehead atoms. The topological polar surface area (TPSA) is 48.2 Å². The van der Waals surface area contributed by atoms with Gasteiger partial charge in [-0.15, -0.1) is 10.2 Å². The van der Waals surface area contributed by atoms with E-state index in [-0.39, 0.29) is 0 Å². The van der Waals surface area contributed by atoms with Crippen molar-refractivity contribution < 1.29 is 9.15 Å². The van der Waals surface area contributed by atoms with Crippen LogP contribution in [0.1, 0.15) is 37.1 Å². The number of hydrogen-bond acceptors (Lipinski definition) is 4. The highest BCUT2D eigenvalue weighted by Crippen LogP contribution is 2.25. The molecule has 0 spiro atoms. The molecule has 0 aliphatic heterocycles. The van der Waals surface area contributed by atoms with Crippen LogP contribution in [-0.4, -0.2) is 16.8 Å². The van der Waals surface area contributed by atoms with Gasteiger partial charge in [0.25, 0.3) is 0 Å². The maximum absolute atomic E-state index is 5.80. The van der Waals surface area contributed by atoms with Crippen molar-refractivity contribution in [3.63, 3.8) is 0 Å². The Balaban J connectivity index is 1.77. The van der Waals surface area contributed by atoms with Crippen LogP contribution in [0.25, 0.3) is 11.1 Å². The number of benzene rings is 2. The Morgan fingerprint density at radius 1 is 1.00 bits per heavy atom. The van der Waals surface area contributed by atoms with Crippen LogP contribution < -0.4 is 4.74 Å². The molecule has 0 aliphatic carbocycles. The molecule has 0 N–H and O–H groups in total. The van der Waals surface area contributed by atoms with E-state index >= 15 is 0 Å². The Kier molecular flexibility index (Phi) is 5.26. The first-order valence-electron chi connectivity index (χ1n) is 8.36. The second kappa shape index (κ2) is 7.77. The minimum Gasteiger partial charge on any atom is -0.494 e. The number of nitrogens with zero attached hydrogens (tertiary/aromatic N) is 2. The maximum Gasteiger partial charge on any atom is 0.220 e. The van der Waals surface area contributed by atoms with Gasteiger partial charge in [-0.05, 0) is 35.2 Å². The summed E-state index contributed by atoms with van der Waals surface area (Å²) in [4.78, 5) is 0. The first kappa shape index (κ1) is 16.2. The third-order valence-electron chi connectivity index (χ3n) is 3.78. The van der Waals surface area contributed by atoms with E-state index in [9.17, 15) is 0 Å². The second-order valence-corrected chi connectivity index (χ2v) is 5.82. The standard InChI is InChI=1S/C20H22N2O2/c1-3-4-11-23-19-10-6-9-18(14-19)17-8-5-7-16(12-17)13-20-22-21-15(2)24-20/h5-10,12,14H,3-4,11,13H2,1-2H3. The molecule has 0 unspecified atom stereocenters. The number of aromatic nitrogens is 2. The van der Waals surface area contributed by atoms with Crippen LogP contribution in [0.3, 0.4) is 0 Å². The number of ether oxygens (including phenoxy) is 1. The predicted molar refractivity (Wildman–Crippen MR) is 94.1 cm³/mol. The lowest BCUT2D eigenvalue weighted by Crippen LogP contribution is -1.96. The Hall–Kier alpha value is -2.62. The van der Waals surface area contributed by atoms with E-state index in [2.05, 4.69) is 53.5 Å². The molecule has 1 aromatic heterocycles. The fourth-order valence-corrected chi connectivity index (χ4v) is 2.54. The van der Waals surface area contributed by atoms with Gasteiger partial charge in [0.05, 0.1) is 13.0 Å². The summed E-state index contributed by atoms with van der Waals surface area (Å²) in [6.07, 6.45) is 2.85. The first-order chi connectivity index (χ1) is 11.7. The van der Waals surface area contributed by atoms with Crippen LogP contribution >= 0.6 is 0 Å². The normalized spacial score (nSPS) is 10.8. The lowest BCUT2D eigenvalue weighted by molar-refractivity contribution is 0.309. The van der Waals surface area contributed by atoms with E-state index in [0.29, 0.717) is 18.2 Å². The smallest absolute Gasteiger partial charge is 0.220 e. The summed E-state index contributed by atoms with van der Waals surface area (Å²) >= 11 is 0. The zero-order valence-electron chi connectivity index (χ0n) is 14.2. The molecule has 3 rings (SSSR count). The van der Waals surface area contributed by atoms with Crippen LogP contribution in [0.2, 0.25) is 0 Å². The summed E-state index contributed by atoms with van der Waals surface area (Å²) in [5.74, 6) is 2.15. The van der Waals surface area contributed by atoms with Crippen LogP contribution in [0, 0.1) is 6.92 Å². The lowest BCUT2D eigenvalue weighted by atomic mass is 10.0. The van der Waals surface area contributed by atoms with E-state index in [1.165, 1.54) is 0 Å². The second-order valence-electron chi connectivity index (χ2n) is 5.82. The van der Waals surface area contributed by atoms with Crippen molar-refractivity contribution in [2.45, 2.75) is 33.1 Å². The van der Waals surface area contributed by atoms with E-state index in [0.717, 1.165) is 41.9 Å². The van der Waals surface area contributed by atoms with Gasteiger partial charge in [0.15, 0.2) is 0 Å². The van der Waals surface area contributed by atoms with Crippen molar-refractivity contribution in [1.29, 1.82) is 0 Å². The van der Waals surface area contributed by atoms with Crippen molar-refractivity contribution >= 4 is 0 Å². The predicted octanol–water partition coefficient (Wildman–Crippen LogP) is 4.81. The Morgan fingerprint density at radius 3 is 2.54 bits per heavy atom.